The van der Waals surface area contributed by atoms with Crippen molar-refractivity contribution in [3.8, 4) is 0 Å². The number of nitrogens with one attached hydrogen (secondary N) is 1. The third-order valence-electron chi connectivity index (χ3n) is 4.99. The summed E-state index contributed by atoms with van der Waals surface area (Å²) in [6.45, 7) is 0. The van der Waals surface area contributed by atoms with E-state index in [1.165, 1.54) is 6.07 Å². The number of rotatable bonds is 5. The maximum Gasteiger partial charge on any atom is 0.129 e. The minimum absolute atomic E-state index is 0.201. The van der Waals surface area contributed by atoms with Crippen molar-refractivity contribution in [3.63, 3.8) is 0 Å². The molecule has 3 N–H and O–H groups in total. The van der Waals surface area contributed by atoms with Crippen LogP contribution in [0, 0.1) is 11.6 Å². The van der Waals surface area contributed by atoms with Gasteiger partial charge in [0, 0.05) is 16.9 Å². The van der Waals surface area contributed by atoms with E-state index in [2.05, 4.69) is 5.32 Å². The topological polar surface area (TPSA) is 38.0 Å². The fourth-order valence-electron chi connectivity index (χ4n) is 3.63. The lowest BCUT2D eigenvalue weighted by Crippen LogP contribution is -2.39. The average molecular weight is 386 g/mol. The molecule has 0 aliphatic carbocycles. The Kier molecular flexibility index (Phi) is 5.00. The molecule has 0 spiro atoms. The molecule has 0 amide bonds. The van der Waals surface area contributed by atoms with Crippen molar-refractivity contribution in [1.29, 1.82) is 0 Å². The van der Waals surface area contributed by atoms with Crippen molar-refractivity contribution in [2.45, 2.75) is 5.54 Å². The van der Waals surface area contributed by atoms with E-state index in [1.807, 2.05) is 72.8 Å². The van der Waals surface area contributed by atoms with E-state index >= 15 is 4.39 Å². The Balaban J connectivity index is 2.05. The van der Waals surface area contributed by atoms with Crippen LogP contribution in [-0.2, 0) is 5.54 Å². The van der Waals surface area contributed by atoms with Crippen LogP contribution < -0.4 is 11.1 Å². The van der Waals surface area contributed by atoms with E-state index in [9.17, 15) is 4.39 Å². The number of hydrogen-bond acceptors (Lipinski definition) is 2. The number of hydrogen-bond donors (Lipinski definition) is 2. The number of anilines is 2. The quantitative estimate of drug-likeness (QED) is 0.328. The molecule has 2 nitrogen and oxygen atoms in total. The van der Waals surface area contributed by atoms with Crippen LogP contribution in [0.25, 0.3) is 0 Å². The summed E-state index contributed by atoms with van der Waals surface area (Å²) < 4.78 is 29.5. The van der Waals surface area contributed by atoms with Gasteiger partial charge in [-0.25, -0.2) is 8.78 Å². The highest BCUT2D eigenvalue weighted by Crippen LogP contribution is 2.41. The monoisotopic (exact) mass is 386 g/mol. The summed E-state index contributed by atoms with van der Waals surface area (Å²) in [6, 6.07) is 29.7. The van der Waals surface area contributed by atoms with Crippen molar-refractivity contribution < 1.29 is 8.78 Å². The van der Waals surface area contributed by atoms with Gasteiger partial charge in [0.05, 0.1) is 0 Å². The lowest BCUT2D eigenvalue weighted by atomic mass is 9.76. The molecule has 29 heavy (non-hydrogen) atoms. The molecule has 144 valence electrons. The van der Waals surface area contributed by atoms with Crippen molar-refractivity contribution in [3.05, 3.63) is 131 Å². The van der Waals surface area contributed by atoms with Crippen molar-refractivity contribution in [1.82, 2.24) is 0 Å². The molecule has 0 saturated carbocycles. The number of nitrogen functional groups attached to an aromatic ring is 1. The summed E-state index contributed by atoms with van der Waals surface area (Å²) in [7, 11) is 0. The van der Waals surface area contributed by atoms with Crippen LogP contribution in [0.5, 0.6) is 0 Å². The van der Waals surface area contributed by atoms with Gasteiger partial charge < -0.3 is 11.1 Å². The maximum absolute atomic E-state index is 15.2. The Morgan fingerprint density at radius 1 is 0.655 bits per heavy atom. The summed E-state index contributed by atoms with van der Waals surface area (Å²) in [4.78, 5) is 0. The Labute approximate surface area is 168 Å². The van der Waals surface area contributed by atoms with E-state index in [4.69, 9.17) is 5.73 Å². The summed E-state index contributed by atoms with van der Waals surface area (Å²) in [6.07, 6.45) is 0. The zero-order valence-electron chi connectivity index (χ0n) is 15.6. The minimum atomic E-state index is -1.15. The zero-order valence-corrected chi connectivity index (χ0v) is 15.6. The Morgan fingerprint density at radius 2 is 1.21 bits per heavy atom. The number of benzene rings is 4. The van der Waals surface area contributed by atoms with Gasteiger partial charge in [0.1, 0.15) is 17.2 Å². The van der Waals surface area contributed by atoms with Gasteiger partial charge in [0.15, 0.2) is 0 Å². The largest absolute Gasteiger partial charge is 0.399 e. The molecule has 0 atom stereocenters. The minimum Gasteiger partial charge on any atom is -0.399 e. The van der Waals surface area contributed by atoms with Gasteiger partial charge in [-0.1, -0.05) is 60.7 Å². The first-order valence-electron chi connectivity index (χ1n) is 9.30. The SMILES string of the molecule is Nc1ccc(NC(c2ccccc2)(c2ccccc2)c2cc(F)ccc2F)cc1. The predicted molar refractivity (Wildman–Crippen MR) is 114 cm³/mol. The zero-order chi connectivity index (χ0) is 20.3. The van der Waals surface area contributed by atoms with Crippen LogP contribution >= 0.6 is 0 Å². The molecule has 4 aromatic rings. The second-order valence-electron chi connectivity index (χ2n) is 6.85. The number of halogens is 2. The summed E-state index contributed by atoms with van der Waals surface area (Å²) in [5.41, 5.74) is 7.81. The summed E-state index contributed by atoms with van der Waals surface area (Å²) >= 11 is 0. The molecule has 0 radical (unpaired) electrons. The molecule has 0 aromatic heterocycles. The van der Waals surface area contributed by atoms with Crippen molar-refractivity contribution >= 4 is 11.4 Å². The van der Waals surface area contributed by atoms with Crippen molar-refractivity contribution in [2.75, 3.05) is 11.1 Å². The van der Waals surface area contributed by atoms with Crippen LogP contribution in [0.2, 0.25) is 0 Å². The molecule has 0 unspecified atom stereocenters. The third kappa shape index (κ3) is 3.57. The fraction of sp³-hybridized carbons (Fsp3) is 0.0400. The molecule has 0 saturated heterocycles. The highest BCUT2D eigenvalue weighted by molar-refractivity contribution is 5.62. The second kappa shape index (κ2) is 7.76. The predicted octanol–water partition coefficient (Wildman–Crippen LogP) is 5.95. The molecule has 4 heteroatoms. The van der Waals surface area contributed by atoms with Gasteiger partial charge in [-0.3, -0.25) is 0 Å². The molecule has 4 aromatic carbocycles. The van der Waals surface area contributed by atoms with Crippen LogP contribution in [0.15, 0.2) is 103 Å². The lowest BCUT2D eigenvalue weighted by Gasteiger charge is -2.38. The highest BCUT2D eigenvalue weighted by Gasteiger charge is 2.39. The van der Waals surface area contributed by atoms with Crippen molar-refractivity contribution in [2.24, 2.45) is 0 Å². The van der Waals surface area contributed by atoms with E-state index in [-0.39, 0.29) is 5.56 Å². The van der Waals surface area contributed by atoms with Crippen LogP contribution in [0.3, 0.4) is 0 Å². The fourth-order valence-corrected chi connectivity index (χ4v) is 3.63. The first-order chi connectivity index (χ1) is 14.1. The van der Waals surface area contributed by atoms with Crippen LogP contribution in [-0.4, -0.2) is 0 Å². The molecule has 0 bridgehead atoms. The third-order valence-corrected chi connectivity index (χ3v) is 4.99. The smallest absolute Gasteiger partial charge is 0.129 e. The van der Waals surface area contributed by atoms with Gasteiger partial charge in [0.25, 0.3) is 0 Å². The average Bonchev–Trinajstić information content (AvgIpc) is 2.76. The second-order valence-corrected chi connectivity index (χ2v) is 6.85. The van der Waals surface area contributed by atoms with Gasteiger partial charge in [0.2, 0.25) is 0 Å². The molecule has 0 heterocycles. The normalized spacial score (nSPS) is 11.2. The van der Waals surface area contributed by atoms with E-state index in [0.29, 0.717) is 5.69 Å². The standard InChI is InChI=1S/C25H20F2N2/c26-20-11-16-24(27)23(17-20)25(18-7-3-1-4-8-18,19-9-5-2-6-10-19)29-22-14-12-21(28)13-15-22/h1-17,29H,28H2. The maximum atomic E-state index is 15.2. The Bertz CT molecular complexity index is 1060. The molecular formula is C25H20F2N2. The van der Waals surface area contributed by atoms with Gasteiger partial charge in [-0.15, -0.1) is 0 Å². The van der Waals surface area contributed by atoms with Crippen LogP contribution in [0.4, 0.5) is 20.2 Å². The molecule has 0 aliphatic heterocycles. The van der Waals surface area contributed by atoms with Crippen LogP contribution in [0.1, 0.15) is 16.7 Å². The van der Waals surface area contributed by atoms with Gasteiger partial charge in [-0.05, 0) is 53.6 Å². The Morgan fingerprint density at radius 3 is 1.76 bits per heavy atom. The number of nitrogens with two attached hydrogens (primary N) is 1. The molecule has 4 rings (SSSR count). The van der Waals surface area contributed by atoms with Gasteiger partial charge >= 0.3 is 0 Å². The molecular weight excluding hydrogens is 366 g/mol. The van der Waals surface area contributed by atoms with E-state index in [0.717, 1.165) is 28.9 Å². The lowest BCUT2D eigenvalue weighted by molar-refractivity contribution is 0.554. The van der Waals surface area contributed by atoms with Gasteiger partial charge in [-0.2, -0.15) is 0 Å². The first-order valence-corrected chi connectivity index (χ1v) is 9.30. The summed E-state index contributed by atoms with van der Waals surface area (Å²) in [5.74, 6) is -1.00. The molecule has 0 fully saturated rings. The summed E-state index contributed by atoms with van der Waals surface area (Å²) in [5, 5.41) is 3.47. The van der Waals surface area contributed by atoms with E-state index < -0.39 is 17.2 Å². The van der Waals surface area contributed by atoms with E-state index in [1.54, 1.807) is 12.1 Å². The highest BCUT2D eigenvalue weighted by atomic mass is 19.1. The first kappa shape index (κ1) is 18.7. The Hall–Kier alpha value is -3.66. The molecule has 0 aliphatic rings.